The van der Waals surface area contributed by atoms with Crippen molar-refractivity contribution in [2.45, 2.75) is 32.9 Å². The van der Waals surface area contributed by atoms with Crippen LogP contribution in [0.4, 0.5) is 0 Å². The van der Waals surface area contributed by atoms with Crippen molar-refractivity contribution in [3.63, 3.8) is 0 Å². The lowest BCUT2D eigenvalue weighted by molar-refractivity contribution is -0.00897. The molecule has 1 aromatic carbocycles. The topological polar surface area (TPSA) is 37.0 Å². The third-order valence-electron chi connectivity index (χ3n) is 3.03. The van der Waals surface area contributed by atoms with Crippen molar-refractivity contribution in [3.8, 4) is 0 Å². The minimum absolute atomic E-state index is 0.104. The van der Waals surface area contributed by atoms with Crippen molar-refractivity contribution < 1.29 is 4.74 Å². The van der Waals surface area contributed by atoms with Gasteiger partial charge in [0, 0.05) is 31.4 Å². The number of aromatic amines is 1. The Hall–Kier alpha value is -1.32. The molecule has 0 fully saturated rings. The summed E-state index contributed by atoms with van der Waals surface area (Å²) >= 11 is 0. The van der Waals surface area contributed by atoms with E-state index in [2.05, 4.69) is 48.4 Å². The van der Waals surface area contributed by atoms with Gasteiger partial charge in [-0.3, -0.25) is 0 Å². The van der Waals surface area contributed by atoms with Crippen LogP contribution in [-0.2, 0) is 11.3 Å². The predicted molar refractivity (Wildman–Crippen MR) is 75.7 cm³/mol. The molecule has 0 aliphatic carbocycles. The van der Waals surface area contributed by atoms with Gasteiger partial charge in [-0.05, 0) is 49.9 Å². The van der Waals surface area contributed by atoms with E-state index in [1.54, 1.807) is 0 Å². The number of H-pyrrole nitrogens is 1. The monoisotopic (exact) mass is 246 g/mol. The highest BCUT2D eigenvalue weighted by molar-refractivity contribution is 5.79. The molecule has 2 aromatic rings. The fraction of sp³-hybridized carbons (Fsp3) is 0.467. The fourth-order valence-corrected chi connectivity index (χ4v) is 2.16. The number of aromatic nitrogens is 1. The van der Waals surface area contributed by atoms with Gasteiger partial charge in [0.1, 0.15) is 0 Å². The Balaban J connectivity index is 1.90. The van der Waals surface area contributed by atoms with E-state index in [1.165, 1.54) is 16.5 Å². The van der Waals surface area contributed by atoms with E-state index in [9.17, 15) is 0 Å². The molecule has 3 heteroatoms. The number of benzene rings is 1. The van der Waals surface area contributed by atoms with Crippen molar-refractivity contribution in [1.29, 1.82) is 0 Å². The highest BCUT2D eigenvalue weighted by Gasteiger charge is 2.16. The molecule has 2 N–H and O–H groups in total. The molecule has 3 nitrogen and oxygen atoms in total. The Morgan fingerprint density at radius 1 is 1.28 bits per heavy atom. The van der Waals surface area contributed by atoms with Gasteiger partial charge in [-0.1, -0.05) is 6.07 Å². The van der Waals surface area contributed by atoms with Crippen LogP contribution in [0.1, 0.15) is 26.3 Å². The number of nitrogens with one attached hydrogen (secondary N) is 2. The molecule has 0 unspecified atom stereocenters. The van der Waals surface area contributed by atoms with E-state index in [-0.39, 0.29) is 5.60 Å². The molecule has 0 amide bonds. The van der Waals surface area contributed by atoms with Crippen LogP contribution in [0.3, 0.4) is 0 Å². The van der Waals surface area contributed by atoms with Gasteiger partial charge in [0.15, 0.2) is 0 Å². The summed E-state index contributed by atoms with van der Waals surface area (Å²) in [4.78, 5) is 3.20. The van der Waals surface area contributed by atoms with E-state index in [4.69, 9.17) is 4.74 Å². The lowest BCUT2D eigenvalue weighted by Gasteiger charge is -2.25. The van der Waals surface area contributed by atoms with Crippen molar-refractivity contribution in [1.82, 2.24) is 10.3 Å². The summed E-state index contributed by atoms with van der Waals surface area (Å²) < 4.78 is 5.66. The maximum absolute atomic E-state index is 5.66. The average Bonchev–Trinajstić information content (AvgIpc) is 2.75. The molecule has 0 saturated carbocycles. The van der Waals surface area contributed by atoms with Gasteiger partial charge in [-0.15, -0.1) is 0 Å². The normalized spacial score (nSPS) is 12.2. The Labute approximate surface area is 109 Å². The fourth-order valence-electron chi connectivity index (χ4n) is 2.16. The third kappa shape index (κ3) is 3.34. The Bertz CT molecular complexity index is 502. The molecule has 2 rings (SSSR count). The van der Waals surface area contributed by atoms with E-state index in [0.717, 1.165) is 19.7 Å². The first-order valence-corrected chi connectivity index (χ1v) is 6.51. The van der Waals surface area contributed by atoms with E-state index >= 15 is 0 Å². The quantitative estimate of drug-likeness (QED) is 0.822. The van der Waals surface area contributed by atoms with Gasteiger partial charge < -0.3 is 15.0 Å². The first kappa shape index (κ1) is 13.1. The first-order valence-electron chi connectivity index (χ1n) is 6.51. The molecular formula is C15H22N2O. The van der Waals surface area contributed by atoms with Crippen LogP contribution in [0.2, 0.25) is 0 Å². The van der Waals surface area contributed by atoms with Crippen LogP contribution >= 0.6 is 0 Å². The molecule has 0 aliphatic rings. The molecule has 0 bridgehead atoms. The number of ether oxygens (including phenoxy) is 1. The number of hydrogen-bond acceptors (Lipinski definition) is 2. The second kappa shape index (κ2) is 5.55. The second-order valence-corrected chi connectivity index (χ2v) is 5.20. The Kier molecular flexibility index (Phi) is 4.04. The summed E-state index contributed by atoms with van der Waals surface area (Å²) in [5.41, 5.74) is 2.38. The Morgan fingerprint density at radius 2 is 2.11 bits per heavy atom. The smallest absolute Gasteiger partial charge is 0.0750 e. The predicted octanol–water partition coefficient (Wildman–Crippen LogP) is 3.07. The summed E-state index contributed by atoms with van der Waals surface area (Å²) in [6.07, 6.45) is 1.97. The minimum atomic E-state index is -0.104. The standard InChI is InChI=1S/C15H22N2O/c1-4-18-15(2,3)11-16-10-12-5-6-14-13(9-12)7-8-17-14/h5-9,16-17H,4,10-11H2,1-3H3. The van der Waals surface area contributed by atoms with E-state index in [0.29, 0.717) is 0 Å². The zero-order valence-corrected chi connectivity index (χ0v) is 11.4. The molecule has 0 spiro atoms. The van der Waals surface area contributed by atoms with Gasteiger partial charge in [0.2, 0.25) is 0 Å². The van der Waals surface area contributed by atoms with E-state index in [1.807, 2.05) is 13.1 Å². The van der Waals surface area contributed by atoms with E-state index < -0.39 is 0 Å². The summed E-state index contributed by atoms with van der Waals surface area (Å²) in [6.45, 7) is 8.73. The molecular weight excluding hydrogens is 224 g/mol. The largest absolute Gasteiger partial charge is 0.375 e. The summed E-state index contributed by atoms with van der Waals surface area (Å²) in [7, 11) is 0. The summed E-state index contributed by atoms with van der Waals surface area (Å²) in [5, 5.41) is 4.71. The number of fused-ring (bicyclic) bond motifs is 1. The SMILES string of the molecule is CCOC(C)(C)CNCc1ccc2[nH]ccc2c1. The molecule has 1 aromatic heterocycles. The van der Waals surface area contributed by atoms with Crippen molar-refractivity contribution in [2.24, 2.45) is 0 Å². The van der Waals surface area contributed by atoms with Crippen LogP contribution < -0.4 is 5.32 Å². The highest BCUT2D eigenvalue weighted by Crippen LogP contribution is 2.14. The average molecular weight is 246 g/mol. The molecule has 1 heterocycles. The van der Waals surface area contributed by atoms with Crippen LogP contribution in [0.5, 0.6) is 0 Å². The van der Waals surface area contributed by atoms with Crippen LogP contribution in [0.25, 0.3) is 10.9 Å². The van der Waals surface area contributed by atoms with Crippen LogP contribution in [0, 0.1) is 0 Å². The zero-order valence-electron chi connectivity index (χ0n) is 11.4. The minimum Gasteiger partial charge on any atom is -0.375 e. The van der Waals surface area contributed by atoms with Gasteiger partial charge in [0.05, 0.1) is 5.60 Å². The molecule has 98 valence electrons. The maximum Gasteiger partial charge on any atom is 0.0750 e. The second-order valence-electron chi connectivity index (χ2n) is 5.20. The van der Waals surface area contributed by atoms with Gasteiger partial charge >= 0.3 is 0 Å². The molecule has 18 heavy (non-hydrogen) atoms. The highest BCUT2D eigenvalue weighted by atomic mass is 16.5. The van der Waals surface area contributed by atoms with Gasteiger partial charge in [0.25, 0.3) is 0 Å². The van der Waals surface area contributed by atoms with Gasteiger partial charge in [-0.25, -0.2) is 0 Å². The lowest BCUT2D eigenvalue weighted by atomic mass is 10.1. The molecule has 0 saturated heterocycles. The molecule has 0 aliphatic heterocycles. The Morgan fingerprint density at radius 3 is 2.89 bits per heavy atom. The zero-order chi connectivity index (χ0) is 13.0. The third-order valence-corrected chi connectivity index (χ3v) is 3.03. The van der Waals surface area contributed by atoms with Crippen molar-refractivity contribution >= 4 is 10.9 Å². The van der Waals surface area contributed by atoms with Crippen LogP contribution in [0.15, 0.2) is 30.5 Å². The van der Waals surface area contributed by atoms with Gasteiger partial charge in [-0.2, -0.15) is 0 Å². The molecule has 0 radical (unpaired) electrons. The molecule has 0 atom stereocenters. The number of rotatable bonds is 6. The summed E-state index contributed by atoms with van der Waals surface area (Å²) in [5.74, 6) is 0. The lowest BCUT2D eigenvalue weighted by Crippen LogP contribution is -2.37. The first-order chi connectivity index (χ1) is 8.61. The summed E-state index contributed by atoms with van der Waals surface area (Å²) in [6, 6.07) is 8.59. The van der Waals surface area contributed by atoms with Crippen molar-refractivity contribution in [2.75, 3.05) is 13.2 Å². The van der Waals surface area contributed by atoms with Crippen molar-refractivity contribution in [3.05, 3.63) is 36.0 Å². The number of hydrogen-bond donors (Lipinski definition) is 2. The van der Waals surface area contributed by atoms with Crippen LogP contribution in [-0.4, -0.2) is 23.7 Å². The maximum atomic E-state index is 5.66.